The van der Waals surface area contributed by atoms with E-state index in [9.17, 15) is 0 Å². The Morgan fingerprint density at radius 1 is 1.33 bits per heavy atom. The van der Waals surface area contributed by atoms with Gasteiger partial charge in [0.15, 0.2) is 0 Å². The largest absolute Gasteiger partial charge is 0.494 e. The molecule has 0 radical (unpaired) electrons. The van der Waals surface area contributed by atoms with Gasteiger partial charge in [-0.25, -0.2) is 0 Å². The predicted molar refractivity (Wildman–Crippen MR) is 77.2 cm³/mol. The number of benzene rings is 1. The first kappa shape index (κ1) is 13.1. The van der Waals surface area contributed by atoms with E-state index in [4.69, 9.17) is 4.74 Å². The van der Waals surface area contributed by atoms with E-state index in [1.807, 2.05) is 19.1 Å². The summed E-state index contributed by atoms with van der Waals surface area (Å²) >= 11 is 1.74. The van der Waals surface area contributed by atoms with Crippen molar-refractivity contribution < 1.29 is 4.74 Å². The minimum atomic E-state index is 0.381. The van der Waals surface area contributed by atoms with Crippen LogP contribution in [0.3, 0.4) is 0 Å². The molecule has 0 spiro atoms. The lowest BCUT2D eigenvalue weighted by molar-refractivity contribution is 0.339. The highest BCUT2D eigenvalue weighted by Gasteiger charge is 2.05. The van der Waals surface area contributed by atoms with Crippen molar-refractivity contribution in [3.05, 3.63) is 52.2 Å². The highest BCUT2D eigenvalue weighted by molar-refractivity contribution is 7.07. The van der Waals surface area contributed by atoms with Crippen molar-refractivity contribution in [3.63, 3.8) is 0 Å². The van der Waals surface area contributed by atoms with Crippen molar-refractivity contribution in [3.8, 4) is 5.75 Å². The van der Waals surface area contributed by atoms with Crippen LogP contribution in [0.5, 0.6) is 5.75 Å². The summed E-state index contributed by atoms with van der Waals surface area (Å²) in [6, 6.07) is 10.8. The second kappa shape index (κ2) is 6.57. The molecule has 2 aromatic rings. The zero-order valence-electron chi connectivity index (χ0n) is 10.8. The fourth-order valence-electron chi connectivity index (χ4n) is 1.82. The molecular weight excluding hydrogens is 242 g/mol. The van der Waals surface area contributed by atoms with E-state index < -0.39 is 0 Å². The third-order valence-electron chi connectivity index (χ3n) is 2.87. The van der Waals surface area contributed by atoms with Gasteiger partial charge >= 0.3 is 0 Å². The van der Waals surface area contributed by atoms with Gasteiger partial charge in [-0.05, 0) is 53.9 Å². The van der Waals surface area contributed by atoms with E-state index in [1.165, 1.54) is 11.1 Å². The van der Waals surface area contributed by atoms with Crippen molar-refractivity contribution in [1.82, 2.24) is 5.32 Å². The van der Waals surface area contributed by atoms with Crippen molar-refractivity contribution in [2.24, 2.45) is 0 Å². The molecule has 0 bridgehead atoms. The van der Waals surface area contributed by atoms with Gasteiger partial charge < -0.3 is 10.1 Å². The lowest BCUT2D eigenvalue weighted by atomic mass is 10.1. The molecule has 0 saturated heterocycles. The van der Waals surface area contributed by atoms with Crippen LogP contribution in [-0.4, -0.2) is 6.61 Å². The van der Waals surface area contributed by atoms with Crippen LogP contribution >= 0.6 is 11.3 Å². The molecule has 1 aromatic heterocycles. The summed E-state index contributed by atoms with van der Waals surface area (Å²) in [7, 11) is 0. The maximum Gasteiger partial charge on any atom is 0.119 e. The Hall–Kier alpha value is -1.32. The monoisotopic (exact) mass is 261 g/mol. The number of thiophene rings is 1. The molecule has 3 heteroatoms. The molecule has 2 nitrogen and oxygen atoms in total. The number of rotatable bonds is 6. The van der Waals surface area contributed by atoms with Gasteiger partial charge in [-0.3, -0.25) is 0 Å². The summed E-state index contributed by atoms with van der Waals surface area (Å²) in [4.78, 5) is 0. The maximum absolute atomic E-state index is 5.50. The Bertz CT molecular complexity index is 467. The first-order valence-corrected chi connectivity index (χ1v) is 7.21. The Balaban J connectivity index is 1.91. The fourth-order valence-corrected chi connectivity index (χ4v) is 2.58. The molecule has 0 aliphatic rings. The molecular formula is C15H19NOS. The van der Waals surface area contributed by atoms with Gasteiger partial charge in [0.05, 0.1) is 6.61 Å². The van der Waals surface area contributed by atoms with E-state index in [0.29, 0.717) is 12.6 Å². The van der Waals surface area contributed by atoms with Crippen LogP contribution in [0.15, 0.2) is 41.1 Å². The minimum absolute atomic E-state index is 0.381. The highest BCUT2D eigenvalue weighted by Crippen LogP contribution is 2.17. The van der Waals surface area contributed by atoms with Crippen LogP contribution in [0.1, 0.15) is 31.0 Å². The lowest BCUT2D eigenvalue weighted by Gasteiger charge is -2.13. The van der Waals surface area contributed by atoms with Crippen molar-refractivity contribution >= 4 is 11.3 Å². The van der Waals surface area contributed by atoms with Crippen molar-refractivity contribution in [1.29, 1.82) is 0 Å². The Kier molecular flexibility index (Phi) is 4.79. The van der Waals surface area contributed by atoms with Gasteiger partial charge in [-0.2, -0.15) is 11.3 Å². The first-order chi connectivity index (χ1) is 8.79. The Morgan fingerprint density at radius 3 is 2.94 bits per heavy atom. The molecule has 0 aliphatic heterocycles. The van der Waals surface area contributed by atoms with Crippen LogP contribution in [0.4, 0.5) is 0 Å². The molecule has 1 unspecified atom stereocenters. The summed E-state index contributed by atoms with van der Waals surface area (Å²) in [5, 5.41) is 7.82. The molecule has 0 saturated carbocycles. The molecule has 0 aliphatic carbocycles. The zero-order valence-corrected chi connectivity index (χ0v) is 11.7. The maximum atomic E-state index is 5.50. The standard InChI is InChI=1S/C15H19NOS/c1-3-17-15-6-4-5-13(9-15)10-16-12(2)14-7-8-18-11-14/h4-9,11-12,16H,3,10H2,1-2H3. The molecule has 0 amide bonds. The van der Waals surface area contributed by atoms with Crippen LogP contribution < -0.4 is 10.1 Å². The third-order valence-corrected chi connectivity index (χ3v) is 3.57. The van der Waals surface area contributed by atoms with E-state index in [0.717, 1.165) is 12.3 Å². The average molecular weight is 261 g/mol. The van der Waals surface area contributed by atoms with E-state index in [2.05, 4.69) is 41.2 Å². The van der Waals surface area contributed by atoms with Crippen molar-refractivity contribution in [2.45, 2.75) is 26.4 Å². The fraction of sp³-hybridized carbons (Fsp3) is 0.333. The van der Waals surface area contributed by atoms with Crippen LogP contribution in [0.2, 0.25) is 0 Å². The smallest absolute Gasteiger partial charge is 0.119 e. The summed E-state index contributed by atoms with van der Waals surface area (Å²) in [6.45, 7) is 5.76. The normalized spacial score (nSPS) is 12.3. The number of ether oxygens (including phenoxy) is 1. The van der Waals surface area contributed by atoms with Gasteiger partial charge in [0.25, 0.3) is 0 Å². The summed E-state index contributed by atoms with van der Waals surface area (Å²) < 4.78 is 5.50. The lowest BCUT2D eigenvalue weighted by Crippen LogP contribution is -2.17. The number of hydrogen-bond acceptors (Lipinski definition) is 3. The van der Waals surface area contributed by atoms with Crippen LogP contribution in [-0.2, 0) is 6.54 Å². The van der Waals surface area contributed by atoms with E-state index in [-0.39, 0.29) is 0 Å². The third kappa shape index (κ3) is 3.59. The van der Waals surface area contributed by atoms with Gasteiger partial charge in [-0.15, -0.1) is 0 Å². The Labute approximate surface area is 113 Å². The van der Waals surface area contributed by atoms with Gasteiger partial charge in [-0.1, -0.05) is 12.1 Å². The highest BCUT2D eigenvalue weighted by atomic mass is 32.1. The van der Waals surface area contributed by atoms with Crippen LogP contribution in [0, 0.1) is 0 Å². The summed E-state index contributed by atoms with van der Waals surface area (Å²) in [5.41, 5.74) is 2.60. The van der Waals surface area contributed by atoms with Gasteiger partial charge in [0.2, 0.25) is 0 Å². The SMILES string of the molecule is CCOc1cccc(CNC(C)c2ccsc2)c1. The zero-order chi connectivity index (χ0) is 12.8. The van der Waals surface area contributed by atoms with Crippen LogP contribution in [0.25, 0.3) is 0 Å². The number of hydrogen-bond donors (Lipinski definition) is 1. The average Bonchev–Trinajstić information content (AvgIpc) is 2.91. The quantitative estimate of drug-likeness (QED) is 0.848. The number of nitrogens with one attached hydrogen (secondary N) is 1. The van der Waals surface area contributed by atoms with E-state index in [1.54, 1.807) is 11.3 Å². The summed E-state index contributed by atoms with van der Waals surface area (Å²) in [5.74, 6) is 0.944. The molecule has 18 heavy (non-hydrogen) atoms. The second-order valence-electron chi connectivity index (χ2n) is 4.24. The van der Waals surface area contributed by atoms with Gasteiger partial charge in [0.1, 0.15) is 5.75 Å². The van der Waals surface area contributed by atoms with E-state index >= 15 is 0 Å². The molecule has 1 N–H and O–H groups in total. The van der Waals surface area contributed by atoms with Crippen molar-refractivity contribution in [2.75, 3.05) is 6.61 Å². The van der Waals surface area contributed by atoms with Gasteiger partial charge in [0, 0.05) is 12.6 Å². The first-order valence-electron chi connectivity index (χ1n) is 6.27. The molecule has 1 heterocycles. The Morgan fingerprint density at radius 2 is 2.22 bits per heavy atom. The summed E-state index contributed by atoms with van der Waals surface area (Å²) in [6.07, 6.45) is 0. The topological polar surface area (TPSA) is 21.3 Å². The molecule has 96 valence electrons. The molecule has 1 atom stereocenters. The minimum Gasteiger partial charge on any atom is -0.494 e. The second-order valence-corrected chi connectivity index (χ2v) is 5.02. The molecule has 1 aromatic carbocycles. The predicted octanol–water partition coefficient (Wildman–Crippen LogP) is 4.00. The molecule has 2 rings (SSSR count). The molecule has 0 fully saturated rings.